The van der Waals surface area contributed by atoms with Crippen molar-refractivity contribution < 1.29 is 4.74 Å². The Bertz CT molecular complexity index is 410. The first-order valence-corrected chi connectivity index (χ1v) is 7.44. The highest BCUT2D eigenvalue weighted by Crippen LogP contribution is 2.29. The van der Waals surface area contributed by atoms with E-state index in [-0.39, 0.29) is 0 Å². The van der Waals surface area contributed by atoms with Crippen molar-refractivity contribution >= 4 is 0 Å². The van der Waals surface area contributed by atoms with Gasteiger partial charge in [0.2, 0.25) is 0 Å². The van der Waals surface area contributed by atoms with E-state index in [9.17, 15) is 0 Å². The average molecular weight is 260 g/mol. The number of para-hydroxylation sites is 1. The molecule has 2 heterocycles. The first kappa shape index (κ1) is 12.9. The molecule has 0 aromatic heterocycles. The lowest BCUT2D eigenvalue weighted by Gasteiger charge is -2.30. The summed E-state index contributed by atoms with van der Waals surface area (Å²) in [6.45, 7) is 7.90. The lowest BCUT2D eigenvalue weighted by Crippen LogP contribution is -2.43. The minimum atomic E-state index is 0.324. The van der Waals surface area contributed by atoms with Crippen LogP contribution in [0.1, 0.15) is 25.8 Å². The van der Waals surface area contributed by atoms with Gasteiger partial charge in [0.25, 0.3) is 0 Å². The van der Waals surface area contributed by atoms with Gasteiger partial charge < -0.3 is 10.1 Å². The first-order chi connectivity index (χ1) is 9.22. The minimum absolute atomic E-state index is 0.324. The highest BCUT2D eigenvalue weighted by Gasteiger charge is 2.28. The van der Waals surface area contributed by atoms with Gasteiger partial charge in [-0.15, -0.1) is 0 Å². The Balaban J connectivity index is 1.63. The molecule has 1 N–H and O–H groups in total. The molecular formula is C16H24N2O. The van der Waals surface area contributed by atoms with E-state index < -0.39 is 0 Å². The standard InChI is InChI=1S/C16H24N2O/c1-12-10-18(13(2)7-8-17-12)11-15-9-14-5-3-4-6-16(14)19-15/h3-6,12-13,15,17H,7-11H2,1-2H3. The van der Waals surface area contributed by atoms with Crippen LogP contribution in [0.15, 0.2) is 24.3 Å². The average Bonchev–Trinajstić information content (AvgIpc) is 2.72. The molecule has 3 nitrogen and oxygen atoms in total. The smallest absolute Gasteiger partial charge is 0.123 e. The number of fused-ring (bicyclic) bond motifs is 1. The molecule has 0 amide bonds. The van der Waals surface area contributed by atoms with Crippen LogP contribution in [-0.2, 0) is 6.42 Å². The molecule has 2 aliphatic heterocycles. The predicted octanol–water partition coefficient (Wildman–Crippen LogP) is 2.06. The molecule has 19 heavy (non-hydrogen) atoms. The van der Waals surface area contributed by atoms with Gasteiger partial charge in [-0.1, -0.05) is 18.2 Å². The quantitative estimate of drug-likeness (QED) is 0.881. The van der Waals surface area contributed by atoms with Crippen LogP contribution in [0.25, 0.3) is 0 Å². The molecule has 0 aliphatic carbocycles. The largest absolute Gasteiger partial charge is 0.488 e. The van der Waals surface area contributed by atoms with Crippen molar-refractivity contribution in [1.82, 2.24) is 10.2 Å². The molecule has 0 bridgehead atoms. The molecule has 2 aliphatic rings. The van der Waals surface area contributed by atoms with Crippen LogP contribution in [0.5, 0.6) is 5.75 Å². The third kappa shape index (κ3) is 2.93. The zero-order chi connectivity index (χ0) is 13.2. The van der Waals surface area contributed by atoms with Crippen molar-refractivity contribution in [3.8, 4) is 5.75 Å². The molecule has 0 radical (unpaired) electrons. The Hall–Kier alpha value is -1.06. The third-order valence-corrected chi connectivity index (χ3v) is 4.34. The molecule has 1 aromatic carbocycles. The number of ether oxygens (including phenoxy) is 1. The number of nitrogens with zero attached hydrogens (tertiary/aromatic N) is 1. The summed E-state index contributed by atoms with van der Waals surface area (Å²) in [4.78, 5) is 2.58. The van der Waals surface area contributed by atoms with Gasteiger partial charge in [-0.05, 0) is 38.4 Å². The number of hydrogen-bond acceptors (Lipinski definition) is 3. The summed E-state index contributed by atoms with van der Waals surface area (Å²) in [5.74, 6) is 1.08. The normalized spacial score (nSPS) is 31.6. The van der Waals surface area contributed by atoms with Gasteiger partial charge in [0, 0.05) is 31.6 Å². The Morgan fingerprint density at radius 3 is 3.00 bits per heavy atom. The van der Waals surface area contributed by atoms with Crippen LogP contribution in [0.3, 0.4) is 0 Å². The second-order valence-corrected chi connectivity index (χ2v) is 6.00. The first-order valence-electron chi connectivity index (χ1n) is 7.44. The molecule has 3 heteroatoms. The summed E-state index contributed by atoms with van der Waals surface area (Å²) in [5, 5.41) is 3.56. The SMILES string of the molecule is CC1CN(CC2Cc3ccccc3O2)C(C)CCN1. The molecule has 1 fully saturated rings. The molecule has 3 rings (SSSR count). The highest BCUT2D eigenvalue weighted by atomic mass is 16.5. The van der Waals surface area contributed by atoms with E-state index in [1.165, 1.54) is 12.0 Å². The minimum Gasteiger partial charge on any atom is -0.488 e. The van der Waals surface area contributed by atoms with E-state index in [0.29, 0.717) is 18.2 Å². The second kappa shape index (κ2) is 5.51. The van der Waals surface area contributed by atoms with E-state index in [1.54, 1.807) is 0 Å². The number of nitrogens with one attached hydrogen (secondary N) is 1. The van der Waals surface area contributed by atoms with E-state index in [2.05, 4.69) is 48.3 Å². The van der Waals surface area contributed by atoms with Crippen molar-refractivity contribution in [2.24, 2.45) is 0 Å². The van der Waals surface area contributed by atoms with Gasteiger partial charge in [-0.3, -0.25) is 4.90 Å². The van der Waals surface area contributed by atoms with Crippen LogP contribution in [0.4, 0.5) is 0 Å². The number of hydrogen-bond donors (Lipinski definition) is 1. The van der Waals surface area contributed by atoms with E-state index in [0.717, 1.165) is 31.8 Å². The van der Waals surface area contributed by atoms with Gasteiger partial charge in [-0.25, -0.2) is 0 Å². The predicted molar refractivity (Wildman–Crippen MR) is 77.7 cm³/mol. The van der Waals surface area contributed by atoms with Crippen molar-refractivity contribution in [1.29, 1.82) is 0 Å². The molecule has 3 atom stereocenters. The summed E-state index contributed by atoms with van der Waals surface area (Å²) < 4.78 is 6.07. The van der Waals surface area contributed by atoms with Gasteiger partial charge >= 0.3 is 0 Å². The third-order valence-electron chi connectivity index (χ3n) is 4.34. The summed E-state index contributed by atoms with van der Waals surface area (Å²) in [6.07, 6.45) is 2.61. The molecule has 3 unspecified atom stereocenters. The van der Waals surface area contributed by atoms with Crippen molar-refractivity contribution in [2.75, 3.05) is 19.6 Å². The Labute approximate surface area is 115 Å². The van der Waals surface area contributed by atoms with Gasteiger partial charge in [-0.2, -0.15) is 0 Å². The zero-order valence-electron chi connectivity index (χ0n) is 11.9. The Kier molecular flexibility index (Phi) is 3.76. The molecule has 104 valence electrons. The lowest BCUT2D eigenvalue weighted by molar-refractivity contribution is 0.121. The monoisotopic (exact) mass is 260 g/mol. The summed E-state index contributed by atoms with van der Waals surface area (Å²) in [5.41, 5.74) is 1.36. The van der Waals surface area contributed by atoms with Gasteiger partial charge in [0.05, 0.1) is 0 Å². The number of benzene rings is 1. The van der Waals surface area contributed by atoms with Crippen LogP contribution in [0, 0.1) is 0 Å². The molecule has 0 spiro atoms. The highest BCUT2D eigenvalue weighted by molar-refractivity contribution is 5.37. The van der Waals surface area contributed by atoms with Gasteiger partial charge in [0.15, 0.2) is 0 Å². The van der Waals surface area contributed by atoms with E-state index in [4.69, 9.17) is 4.74 Å². The fourth-order valence-electron chi connectivity index (χ4n) is 3.19. The van der Waals surface area contributed by atoms with Crippen LogP contribution >= 0.6 is 0 Å². The summed E-state index contributed by atoms with van der Waals surface area (Å²) in [7, 11) is 0. The van der Waals surface area contributed by atoms with Crippen molar-refractivity contribution in [3.05, 3.63) is 29.8 Å². The topological polar surface area (TPSA) is 24.5 Å². The molecule has 1 aromatic rings. The molecule has 1 saturated heterocycles. The molecular weight excluding hydrogens is 236 g/mol. The van der Waals surface area contributed by atoms with Crippen LogP contribution in [-0.4, -0.2) is 42.7 Å². The van der Waals surface area contributed by atoms with E-state index in [1.807, 2.05) is 0 Å². The fourth-order valence-corrected chi connectivity index (χ4v) is 3.19. The van der Waals surface area contributed by atoms with Crippen molar-refractivity contribution in [2.45, 2.75) is 44.9 Å². The van der Waals surface area contributed by atoms with Crippen LogP contribution in [0.2, 0.25) is 0 Å². The Morgan fingerprint density at radius 1 is 1.32 bits per heavy atom. The Morgan fingerprint density at radius 2 is 2.16 bits per heavy atom. The van der Waals surface area contributed by atoms with Gasteiger partial charge in [0.1, 0.15) is 11.9 Å². The fraction of sp³-hybridized carbons (Fsp3) is 0.625. The summed E-state index contributed by atoms with van der Waals surface area (Å²) in [6, 6.07) is 9.65. The van der Waals surface area contributed by atoms with E-state index >= 15 is 0 Å². The second-order valence-electron chi connectivity index (χ2n) is 6.00. The maximum atomic E-state index is 6.07. The maximum Gasteiger partial charge on any atom is 0.123 e. The lowest BCUT2D eigenvalue weighted by atomic mass is 10.1. The maximum absolute atomic E-state index is 6.07. The van der Waals surface area contributed by atoms with Crippen LogP contribution < -0.4 is 10.1 Å². The zero-order valence-corrected chi connectivity index (χ0v) is 11.9. The summed E-state index contributed by atoms with van der Waals surface area (Å²) >= 11 is 0. The molecule has 0 saturated carbocycles. The number of rotatable bonds is 2. The van der Waals surface area contributed by atoms with Crippen molar-refractivity contribution in [3.63, 3.8) is 0 Å².